The maximum absolute atomic E-state index is 12.0. The Morgan fingerprint density at radius 3 is 2.56 bits per heavy atom. The van der Waals surface area contributed by atoms with Gasteiger partial charge in [-0.15, -0.1) is 0 Å². The van der Waals surface area contributed by atoms with E-state index in [1.807, 2.05) is 23.9 Å². The van der Waals surface area contributed by atoms with Gasteiger partial charge in [-0.1, -0.05) is 19.1 Å². The number of fused-ring (bicyclic) bond motifs is 1. The second kappa shape index (κ2) is 6.51. The van der Waals surface area contributed by atoms with Crippen molar-refractivity contribution in [3.05, 3.63) is 42.4 Å². The smallest absolute Gasteiger partial charge is 0.211 e. The van der Waals surface area contributed by atoms with Gasteiger partial charge in [-0.3, -0.25) is 0 Å². The fourth-order valence-electron chi connectivity index (χ4n) is 5.73. The predicted molar refractivity (Wildman–Crippen MR) is 124 cm³/mol. The number of hydrogen-bond donors (Lipinski definition) is 0. The zero-order valence-corrected chi connectivity index (χ0v) is 19.5. The first kappa shape index (κ1) is 20.1. The normalized spacial score (nSPS) is 27.2. The van der Waals surface area contributed by atoms with Crippen molar-refractivity contribution in [2.75, 3.05) is 30.8 Å². The lowest BCUT2D eigenvalue weighted by Gasteiger charge is -2.38. The minimum absolute atomic E-state index is 0.112. The first-order valence-corrected chi connectivity index (χ1v) is 13.1. The van der Waals surface area contributed by atoms with Crippen LogP contribution in [-0.4, -0.2) is 64.4 Å². The molecule has 6 rings (SSSR count). The van der Waals surface area contributed by atoms with Crippen LogP contribution in [-0.2, 0) is 15.4 Å². The molecule has 1 aromatic carbocycles. The molecule has 2 atom stereocenters. The molecule has 1 saturated heterocycles. The Labute approximate surface area is 188 Å². The first-order chi connectivity index (χ1) is 15.2. The third kappa shape index (κ3) is 2.97. The van der Waals surface area contributed by atoms with E-state index in [4.69, 9.17) is 0 Å². The highest BCUT2D eigenvalue weighted by atomic mass is 32.2. The minimum atomic E-state index is -3.20. The lowest BCUT2D eigenvalue weighted by molar-refractivity contribution is 0.308. The predicted octanol–water partition coefficient (Wildman–Crippen LogP) is 2.73. The maximum atomic E-state index is 12.0. The molecule has 168 valence electrons. The van der Waals surface area contributed by atoms with Gasteiger partial charge in [0.05, 0.1) is 18.0 Å². The highest BCUT2D eigenvalue weighted by Gasteiger charge is 2.71. The van der Waals surface area contributed by atoms with E-state index in [0.717, 1.165) is 22.5 Å². The van der Waals surface area contributed by atoms with E-state index in [2.05, 4.69) is 45.1 Å². The third-order valence-corrected chi connectivity index (χ3v) is 9.37. The van der Waals surface area contributed by atoms with Gasteiger partial charge in [-0.25, -0.2) is 23.1 Å². The van der Waals surface area contributed by atoms with E-state index >= 15 is 0 Å². The van der Waals surface area contributed by atoms with Crippen LogP contribution < -0.4 is 4.90 Å². The Kier molecular flexibility index (Phi) is 4.09. The highest BCUT2D eigenvalue weighted by molar-refractivity contribution is 7.88. The second-order valence-corrected chi connectivity index (χ2v) is 12.0. The van der Waals surface area contributed by atoms with Gasteiger partial charge in [0, 0.05) is 37.1 Å². The van der Waals surface area contributed by atoms with Crippen LogP contribution in [0.5, 0.6) is 0 Å². The SMILES string of the molecule is C[C@H]1CN(c2cc(-n3ncc4ccc([C@]5(C)CC56CC6)cc43)ncn2)CCN1S(C)(=O)=O. The molecule has 2 aromatic heterocycles. The topological polar surface area (TPSA) is 84.2 Å². The number of hydrogen-bond acceptors (Lipinski definition) is 6. The number of sulfonamides is 1. The number of benzene rings is 1. The van der Waals surface area contributed by atoms with Crippen molar-refractivity contribution in [3.8, 4) is 5.82 Å². The Hall–Kier alpha value is -2.52. The molecular formula is C23H28N6O2S. The molecule has 32 heavy (non-hydrogen) atoms. The summed E-state index contributed by atoms with van der Waals surface area (Å²) in [7, 11) is -3.20. The first-order valence-electron chi connectivity index (χ1n) is 11.2. The summed E-state index contributed by atoms with van der Waals surface area (Å²) in [5.41, 5.74) is 3.30. The summed E-state index contributed by atoms with van der Waals surface area (Å²) < 4.78 is 27.4. The van der Waals surface area contributed by atoms with Crippen molar-refractivity contribution in [3.63, 3.8) is 0 Å². The van der Waals surface area contributed by atoms with Gasteiger partial charge < -0.3 is 4.90 Å². The van der Waals surface area contributed by atoms with E-state index < -0.39 is 10.0 Å². The lowest BCUT2D eigenvalue weighted by atomic mass is 9.93. The summed E-state index contributed by atoms with van der Waals surface area (Å²) in [4.78, 5) is 11.1. The molecule has 2 saturated carbocycles. The van der Waals surface area contributed by atoms with Crippen LogP contribution in [0.15, 0.2) is 36.8 Å². The number of anilines is 1. The van der Waals surface area contributed by atoms with Crippen LogP contribution in [0.2, 0.25) is 0 Å². The average molecular weight is 453 g/mol. The molecule has 3 fully saturated rings. The molecule has 3 aliphatic rings. The molecule has 2 aliphatic carbocycles. The molecule has 1 spiro atoms. The number of rotatable bonds is 4. The van der Waals surface area contributed by atoms with Crippen molar-refractivity contribution >= 4 is 26.7 Å². The van der Waals surface area contributed by atoms with Gasteiger partial charge in [-0.05, 0) is 48.6 Å². The molecule has 1 aliphatic heterocycles. The molecule has 0 bridgehead atoms. The minimum Gasteiger partial charge on any atom is -0.354 e. The molecule has 9 heteroatoms. The fraction of sp³-hybridized carbons (Fsp3) is 0.522. The van der Waals surface area contributed by atoms with Crippen molar-refractivity contribution in [1.82, 2.24) is 24.1 Å². The Morgan fingerprint density at radius 2 is 1.88 bits per heavy atom. The largest absolute Gasteiger partial charge is 0.354 e. The van der Waals surface area contributed by atoms with Crippen molar-refractivity contribution in [2.45, 2.75) is 44.6 Å². The molecule has 3 aromatic rings. The van der Waals surface area contributed by atoms with Gasteiger partial charge in [0.25, 0.3) is 0 Å². The average Bonchev–Trinajstić information content (AvgIpc) is 3.60. The Balaban J connectivity index is 1.31. The van der Waals surface area contributed by atoms with E-state index in [0.29, 0.717) is 30.5 Å². The number of aromatic nitrogens is 4. The molecule has 0 N–H and O–H groups in total. The standard InChI is InChI=1S/C23H28N6O2S/c1-16-13-27(8-9-28(16)32(3,30)31)20-11-21(25-15-24-20)29-19-10-18(5-4-17(19)12-26-29)22(2)14-23(22)6-7-23/h4-5,10-12,15-16H,6-9,13-14H2,1-3H3/t16-,22-/m0/s1. The Bertz CT molecular complexity index is 1330. The van der Waals surface area contributed by atoms with Crippen LogP contribution in [0.4, 0.5) is 5.82 Å². The Morgan fingerprint density at radius 1 is 1.09 bits per heavy atom. The van der Waals surface area contributed by atoms with E-state index in [1.54, 1.807) is 10.6 Å². The molecule has 0 unspecified atom stereocenters. The molecule has 8 nitrogen and oxygen atoms in total. The van der Waals surface area contributed by atoms with Gasteiger partial charge in [0.2, 0.25) is 10.0 Å². The summed E-state index contributed by atoms with van der Waals surface area (Å²) >= 11 is 0. The fourth-order valence-corrected chi connectivity index (χ4v) is 6.87. The molecular weight excluding hydrogens is 424 g/mol. The molecule has 0 radical (unpaired) electrons. The van der Waals surface area contributed by atoms with Crippen molar-refractivity contribution in [2.24, 2.45) is 5.41 Å². The summed E-state index contributed by atoms with van der Waals surface area (Å²) in [6.45, 7) is 5.96. The quantitative estimate of drug-likeness (QED) is 0.605. The van der Waals surface area contributed by atoms with Crippen LogP contribution in [0.3, 0.4) is 0 Å². The summed E-state index contributed by atoms with van der Waals surface area (Å²) in [6.07, 6.45) is 8.70. The maximum Gasteiger partial charge on any atom is 0.211 e. The number of piperazine rings is 1. The van der Waals surface area contributed by atoms with E-state index in [9.17, 15) is 8.42 Å². The van der Waals surface area contributed by atoms with Crippen LogP contribution >= 0.6 is 0 Å². The third-order valence-electron chi connectivity index (χ3n) is 7.97. The van der Waals surface area contributed by atoms with E-state index in [1.165, 1.54) is 31.1 Å². The molecule has 0 amide bonds. The van der Waals surface area contributed by atoms with Gasteiger partial charge in [-0.2, -0.15) is 9.40 Å². The van der Waals surface area contributed by atoms with Gasteiger partial charge in [0.1, 0.15) is 12.1 Å². The van der Waals surface area contributed by atoms with E-state index in [-0.39, 0.29) is 6.04 Å². The summed E-state index contributed by atoms with van der Waals surface area (Å²) in [6, 6.07) is 8.55. The van der Waals surface area contributed by atoms with Crippen LogP contribution in [0.25, 0.3) is 16.7 Å². The zero-order chi connectivity index (χ0) is 22.3. The van der Waals surface area contributed by atoms with Crippen LogP contribution in [0, 0.1) is 5.41 Å². The monoisotopic (exact) mass is 452 g/mol. The summed E-state index contributed by atoms with van der Waals surface area (Å²) in [5.74, 6) is 1.52. The van der Waals surface area contributed by atoms with Crippen molar-refractivity contribution < 1.29 is 8.42 Å². The highest BCUT2D eigenvalue weighted by Crippen LogP contribution is 2.78. The zero-order valence-electron chi connectivity index (χ0n) is 18.7. The number of nitrogens with zero attached hydrogens (tertiary/aromatic N) is 6. The second-order valence-electron chi connectivity index (χ2n) is 10.0. The summed E-state index contributed by atoms with van der Waals surface area (Å²) in [5, 5.41) is 5.72. The lowest BCUT2D eigenvalue weighted by Crippen LogP contribution is -2.53. The van der Waals surface area contributed by atoms with Crippen LogP contribution in [0.1, 0.15) is 38.7 Å². The molecule has 3 heterocycles. The van der Waals surface area contributed by atoms with Gasteiger partial charge in [0.15, 0.2) is 5.82 Å². The van der Waals surface area contributed by atoms with Gasteiger partial charge >= 0.3 is 0 Å². The van der Waals surface area contributed by atoms with Crippen molar-refractivity contribution in [1.29, 1.82) is 0 Å².